The zero-order valence-corrected chi connectivity index (χ0v) is 22.4. The zero-order chi connectivity index (χ0) is 24.8. The Balaban J connectivity index is 1.46. The SMILES string of the molecule is CC(c1cn2nc(CC3CCCNC3=O)c(C3CCOC(C)(C)C3)nc2n1)C1CCC(F)(P)CC1. The van der Waals surface area contributed by atoms with Gasteiger partial charge < -0.3 is 10.1 Å². The van der Waals surface area contributed by atoms with Gasteiger partial charge in [-0.2, -0.15) is 5.10 Å². The molecule has 2 saturated heterocycles. The lowest BCUT2D eigenvalue weighted by Gasteiger charge is -2.35. The molecule has 0 spiro atoms. The summed E-state index contributed by atoms with van der Waals surface area (Å²) in [5.74, 6) is 1.52. The molecule has 2 aromatic rings. The van der Waals surface area contributed by atoms with Crippen molar-refractivity contribution in [2.45, 2.75) is 101 Å². The molecule has 3 fully saturated rings. The van der Waals surface area contributed by atoms with Crippen molar-refractivity contribution in [2.75, 3.05) is 13.2 Å². The molecule has 192 valence electrons. The Morgan fingerprint density at radius 3 is 2.74 bits per heavy atom. The van der Waals surface area contributed by atoms with Crippen LogP contribution in [0.3, 0.4) is 0 Å². The summed E-state index contributed by atoms with van der Waals surface area (Å²) in [4.78, 5) is 22.5. The van der Waals surface area contributed by atoms with E-state index < -0.39 is 5.41 Å². The highest BCUT2D eigenvalue weighted by Gasteiger charge is 2.36. The predicted molar refractivity (Wildman–Crippen MR) is 136 cm³/mol. The lowest BCUT2D eigenvalue weighted by atomic mass is 9.79. The summed E-state index contributed by atoms with van der Waals surface area (Å²) in [6, 6.07) is 0. The normalized spacial score (nSPS) is 32.4. The van der Waals surface area contributed by atoms with Crippen LogP contribution in [0.1, 0.15) is 101 Å². The number of alkyl halides is 1. The summed E-state index contributed by atoms with van der Waals surface area (Å²) < 4.78 is 22.1. The highest BCUT2D eigenvalue weighted by molar-refractivity contribution is 7.18. The first-order valence-corrected chi connectivity index (χ1v) is 13.8. The van der Waals surface area contributed by atoms with Crippen LogP contribution >= 0.6 is 9.24 Å². The quantitative estimate of drug-likeness (QED) is 0.598. The average Bonchev–Trinajstić information content (AvgIpc) is 3.22. The zero-order valence-electron chi connectivity index (χ0n) is 21.2. The van der Waals surface area contributed by atoms with Crippen LogP contribution < -0.4 is 5.32 Å². The number of fused-ring (bicyclic) bond motifs is 1. The van der Waals surface area contributed by atoms with Crippen molar-refractivity contribution in [1.82, 2.24) is 24.9 Å². The Kier molecular flexibility index (Phi) is 6.90. The summed E-state index contributed by atoms with van der Waals surface area (Å²) in [5.41, 5.74) is 2.63. The molecule has 4 unspecified atom stereocenters. The van der Waals surface area contributed by atoms with Crippen molar-refractivity contribution in [1.29, 1.82) is 0 Å². The van der Waals surface area contributed by atoms with E-state index in [4.69, 9.17) is 19.8 Å². The number of hydrogen-bond donors (Lipinski definition) is 1. The minimum atomic E-state index is -1.12. The molecule has 1 N–H and O–H groups in total. The number of rotatable bonds is 5. The van der Waals surface area contributed by atoms with Gasteiger partial charge in [0, 0.05) is 37.3 Å². The number of nitrogens with zero attached hydrogens (tertiary/aromatic N) is 4. The van der Waals surface area contributed by atoms with Gasteiger partial charge in [0.2, 0.25) is 5.91 Å². The molecule has 5 rings (SSSR count). The first-order chi connectivity index (χ1) is 16.6. The number of imidazole rings is 1. The van der Waals surface area contributed by atoms with E-state index in [1.165, 1.54) is 0 Å². The van der Waals surface area contributed by atoms with Gasteiger partial charge in [0.05, 0.1) is 28.9 Å². The fraction of sp³-hybridized carbons (Fsp3) is 0.769. The molecule has 4 heterocycles. The Bertz CT molecular complexity index is 1080. The molecule has 1 saturated carbocycles. The molecule has 7 nitrogen and oxygen atoms in total. The van der Waals surface area contributed by atoms with Crippen LogP contribution in [-0.4, -0.2) is 49.7 Å². The fourth-order valence-corrected chi connectivity index (χ4v) is 6.50. The van der Waals surface area contributed by atoms with Crippen LogP contribution in [0.2, 0.25) is 0 Å². The van der Waals surface area contributed by atoms with Crippen LogP contribution in [0, 0.1) is 11.8 Å². The van der Waals surface area contributed by atoms with Gasteiger partial charge in [-0.15, -0.1) is 0 Å². The van der Waals surface area contributed by atoms with Crippen molar-refractivity contribution in [3.63, 3.8) is 0 Å². The number of piperidine rings is 1. The smallest absolute Gasteiger partial charge is 0.251 e. The molecule has 2 aromatic heterocycles. The summed E-state index contributed by atoms with van der Waals surface area (Å²) in [6.07, 6.45) is 9.11. The molecule has 0 aromatic carbocycles. The van der Waals surface area contributed by atoms with Crippen LogP contribution in [-0.2, 0) is 16.0 Å². The lowest BCUT2D eigenvalue weighted by molar-refractivity contribution is -0.126. The average molecular weight is 504 g/mol. The Labute approximate surface area is 209 Å². The van der Waals surface area contributed by atoms with E-state index in [1.54, 1.807) is 4.52 Å². The number of aromatic nitrogens is 4. The maximum absolute atomic E-state index is 14.3. The fourth-order valence-electron chi connectivity index (χ4n) is 6.16. The Hall–Kier alpha value is -1.66. The van der Waals surface area contributed by atoms with Gasteiger partial charge in [0.25, 0.3) is 5.78 Å². The molecule has 0 radical (unpaired) electrons. The maximum atomic E-state index is 14.3. The third-order valence-corrected chi connectivity index (χ3v) is 8.97. The number of halogens is 1. The first-order valence-electron chi connectivity index (χ1n) is 13.3. The summed E-state index contributed by atoms with van der Waals surface area (Å²) in [6.45, 7) is 7.89. The second-order valence-corrected chi connectivity index (χ2v) is 12.7. The van der Waals surface area contributed by atoms with Crippen LogP contribution in [0.15, 0.2) is 6.20 Å². The van der Waals surface area contributed by atoms with Gasteiger partial charge in [-0.05, 0) is 71.1 Å². The summed E-state index contributed by atoms with van der Waals surface area (Å²) in [5, 5.41) is 6.89. The van der Waals surface area contributed by atoms with Gasteiger partial charge in [0.15, 0.2) is 0 Å². The highest BCUT2D eigenvalue weighted by Crippen LogP contribution is 2.44. The molecule has 0 bridgehead atoms. The molecule has 35 heavy (non-hydrogen) atoms. The number of carbonyl (C=O) groups excluding carboxylic acids is 1. The minimum Gasteiger partial charge on any atom is -0.376 e. The number of amides is 1. The van der Waals surface area contributed by atoms with Crippen molar-refractivity contribution in [2.24, 2.45) is 11.8 Å². The van der Waals surface area contributed by atoms with Gasteiger partial charge >= 0.3 is 0 Å². The van der Waals surface area contributed by atoms with E-state index >= 15 is 0 Å². The number of hydrogen-bond acceptors (Lipinski definition) is 5. The van der Waals surface area contributed by atoms with E-state index in [9.17, 15) is 9.18 Å². The molecular formula is C26H39FN5O2P. The Morgan fingerprint density at radius 2 is 2.03 bits per heavy atom. The monoisotopic (exact) mass is 503 g/mol. The number of nitrogens with one attached hydrogen (secondary N) is 1. The number of ether oxygens (including phenoxy) is 1. The highest BCUT2D eigenvalue weighted by atomic mass is 31.0. The van der Waals surface area contributed by atoms with Gasteiger partial charge in [-0.1, -0.05) is 16.2 Å². The van der Waals surface area contributed by atoms with E-state index in [2.05, 4.69) is 35.3 Å². The lowest BCUT2D eigenvalue weighted by Crippen LogP contribution is -2.38. The molecule has 4 atom stereocenters. The van der Waals surface area contributed by atoms with Crippen molar-refractivity contribution in [3.05, 3.63) is 23.3 Å². The molecular weight excluding hydrogens is 464 g/mol. The second kappa shape index (κ2) is 9.66. The molecule has 1 amide bonds. The van der Waals surface area contributed by atoms with Crippen LogP contribution in [0.25, 0.3) is 5.78 Å². The minimum absolute atomic E-state index is 0.0702. The molecule has 1 aliphatic carbocycles. The third-order valence-electron chi connectivity index (χ3n) is 8.39. The molecule has 2 aliphatic heterocycles. The van der Waals surface area contributed by atoms with Crippen molar-refractivity contribution < 1.29 is 13.9 Å². The largest absolute Gasteiger partial charge is 0.376 e. The topological polar surface area (TPSA) is 81.4 Å². The Morgan fingerprint density at radius 1 is 1.26 bits per heavy atom. The van der Waals surface area contributed by atoms with E-state index in [-0.39, 0.29) is 29.3 Å². The van der Waals surface area contributed by atoms with Crippen LogP contribution in [0.5, 0.6) is 0 Å². The predicted octanol–water partition coefficient (Wildman–Crippen LogP) is 4.70. The second-order valence-electron chi connectivity index (χ2n) is 11.6. The molecule has 3 aliphatic rings. The standard InChI is InChI=1S/C26H39FN5O2P/c1-16(17-6-9-26(27,35)10-7-17)21-15-32-24(29-21)30-22(19-8-12-34-25(2,3)14-19)20(31-32)13-18-5-4-11-28-23(18)33/h15-19H,4-14,35H2,1-3H3,(H,28,33). The van der Waals surface area contributed by atoms with Crippen LogP contribution in [0.4, 0.5) is 4.39 Å². The van der Waals surface area contributed by atoms with Gasteiger partial charge in [-0.3, -0.25) is 4.79 Å². The number of carbonyl (C=O) groups is 1. The maximum Gasteiger partial charge on any atom is 0.251 e. The van der Waals surface area contributed by atoms with Gasteiger partial charge in [-0.25, -0.2) is 18.9 Å². The van der Waals surface area contributed by atoms with Crippen molar-refractivity contribution >= 4 is 20.9 Å². The van der Waals surface area contributed by atoms with E-state index in [0.29, 0.717) is 37.6 Å². The van der Waals surface area contributed by atoms with E-state index in [1.807, 2.05) is 6.20 Å². The van der Waals surface area contributed by atoms with Crippen molar-refractivity contribution in [3.8, 4) is 0 Å². The molecule has 9 heteroatoms. The summed E-state index contributed by atoms with van der Waals surface area (Å²) >= 11 is 0. The van der Waals surface area contributed by atoms with Gasteiger partial charge in [0.1, 0.15) is 5.41 Å². The summed E-state index contributed by atoms with van der Waals surface area (Å²) in [7, 11) is 2.39. The first kappa shape index (κ1) is 25.0. The third kappa shape index (κ3) is 5.53. The van der Waals surface area contributed by atoms with E-state index in [0.717, 1.165) is 62.2 Å².